The Morgan fingerprint density at radius 2 is 2.06 bits per heavy atom. The Bertz CT molecular complexity index is 504. The molecule has 4 nitrogen and oxygen atoms in total. The zero-order valence-corrected chi connectivity index (χ0v) is 10.00. The predicted molar refractivity (Wildman–Crippen MR) is 66.8 cm³/mol. The molecule has 88 valence electrons. The van der Waals surface area contributed by atoms with Crippen LogP contribution in [0.15, 0.2) is 42.7 Å². The number of hydrogen-bond donors (Lipinski definition) is 0. The molecule has 0 N–H and O–H groups in total. The zero-order chi connectivity index (χ0) is 12.3. The molecule has 0 spiro atoms. The number of nitrogens with zero attached hydrogens (tertiary/aromatic N) is 3. The van der Waals surface area contributed by atoms with E-state index in [1.54, 1.807) is 18.1 Å². The number of carbonyl (C=O) groups excluding carboxylic acids is 1. The first-order chi connectivity index (χ1) is 8.18. The van der Waals surface area contributed by atoms with Gasteiger partial charge < -0.3 is 9.47 Å². The standard InChI is InChI=1S/C13H15N3O/c1-15-9-8-14-12(15)10-13(17)16(2)11-6-4-3-5-7-11/h3-9H,10H2,1-2H3. The first-order valence-corrected chi connectivity index (χ1v) is 5.46. The van der Waals surface area contributed by atoms with E-state index >= 15 is 0 Å². The van der Waals surface area contributed by atoms with Gasteiger partial charge in [-0.3, -0.25) is 4.79 Å². The number of amides is 1. The summed E-state index contributed by atoms with van der Waals surface area (Å²) in [6.07, 6.45) is 3.85. The maximum atomic E-state index is 12.0. The van der Waals surface area contributed by atoms with Crippen LogP contribution in [0.3, 0.4) is 0 Å². The number of carbonyl (C=O) groups is 1. The van der Waals surface area contributed by atoms with Crippen LogP contribution in [-0.4, -0.2) is 22.5 Å². The number of anilines is 1. The van der Waals surface area contributed by atoms with Crippen molar-refractivity contribution in [1.82, 2.24) is 9.55 Å². The van der Waals surface area contributed by atoms with Crippen LogP contribution in [0.25, 0.3) is 0 Å². The van der Waals surface area contributed by atoms with Crippen LogP contribution in [0.2, 0.25) is 0 Å². The van der Waals surface area contributed by atoms with Gasteiger partial charge in [0.1, 0.15) is 5.82 Å². The molecule has 0 saturated carbocycles. The molecule has 0 fully saturated rings. The van der Waals surface area contributed by atoms with Crippen LogP contribution in [0.5, 0.6) is 0 Å². The monoisotopic (exact) mass is 229 g/mol. The summed E-state index contributed by atoms with van der Waals surface area (Å²) in [4.78, 5) is 17.8. The molecular formula is C13H15N3O. The highest BCUT2D eigenvalue weighted by atomic mass is 16.2. The average Bonchev–Trinajstić information content (AvgIpc) is 2.75. The zero-order valence-electron chi connectivity index (χ0n) is 10.00. The minimum Gasteiger partial charge on any atom is -0.338 e. The molecule has 2 aromatic rings. The SMILES string of the molecule is CN(C(=O)Cc1nccn1C)c1ccccc1. The highest BCUT2D eigenvalue weighted by Gasteiger charge is 2.13. The molecule has 1 amide bonds. The highest BCUT2D eigenvalue weighted by Crippen LogP contribution is 2.12. The fraction of sp³-hybridized carbons (Fsp3) is 0.231. The highest BCUT2D eigenvalue weighted by molar-refractivity contribution is 5.93. The first kappa shape index (κ1) is 11.4. The lowest BCUT2D eigenvalue weighted by Crippen LogP contribution is -2.28. The van der Waals surface area contributed by atoms with Crippen LogP contribution >= 0.6 is 0 Å². The van der Waals surface area contributed by atoms with Crippen molar-refractivity contribution in [3.8, 4) is 0 Å². The molecule has 0 aliphatic carbocycles. The smallest absolute Gasteiger partial charge is 0.234 e. The van der Waals surface area contributed by atoms with Crippen molar-refractivity contribution in [3.63, 3.8) is 0 Å². The number of aryl methyl sites for hydroxylation is 1. The van der Waals surface area contributed by atoms with Crippen LogP contribution in [0.1, 0.15) is 5.82 Å². The minimum atomic E-state index is 0.0329. The molecule has 0 saturated heterocycles. The van der Waals surface area contributed by atoms with Gasteiger partial charge in [0.05, 0.1) is 6.42 Å². The summed E-state index contributed by atoms with van der Waals surface area (Å²) < 4.78 is 1.86. The fourth-order valence-corrected chi connectivity index (χ4v) is 1.62. The predicted octanol–water partition coefficient (Wildman–Crippen LogP) is 1.63. The molecule has 4 heteroatoms. The Morgan fingerprint density at radius 3 is 2.65 bits per heavy atom. The lowest BCUT2D eigenvalue weighted by molar-refractivity contribution is -0.117. The van der Waals surface area contributed by atoms with Crippen molar-refractivity contribution < 1.29 is 4.79 Å². The minimum absolute atomic E-state index is 0.0329. The van der Waals surface area contributed by atoms with Crippen molar-refractivity contribution in [2.45, 2.75) is 6.42 Å². The number of benzene rings is 1. The third-order valence-corrected chi connectivity index (χ3v) is 2.75. The number of imidazole rings is 1. The lowest BCUT2D eigenvalue weighted by Gasteiger charge is -2.16. The number of rotatable bonds is 3. The Kier molecular flexibility index (Phi) is 3.23. The van der Waals surface area contributed by atoms with E-state index in [1.807, 2.05) is 48.1 Å². The summed E-state index contributed by atoms with van der Waals surface area (Å²) in [5.74, 6) is 0.809. The molecule has 0 radical (unpaired) electrons. The quantitative estimate of drug-likeness (QED) is 0.802. The maximum absolute atomic E-state index is 12.0. The topological polar surface area (TPSA) is 38.1 Å². The van der Waals surface area contributed by atoms with Crippen molar-refractivity contribution in [3.05, 3.63) is 48.5 Å². The summed E-state index contributed by atoms with van der Waals surface area (Å²) in [5, 5.41) is 0. The van der Waals surface area contributed by atoms with Crippen LogP contribution in [0.4, 0.5) is 5.69 Å². The van der Waals surface area contributed by atoms with E-state index in [1.165, 1.54) is 0 Å². The molecule has 0 unspecified atom stereocenters. The molecule has 1 heterocycles. The third-order valence-electron chi connectivity index (χ3n) is 2.75. The Labute approximate surface area is 101 Å². The Balaban J connectivity index is 2.09. The molecule has 17 heavy (non-hydrogen) atoms. The van der Waals surface area contributed by atoms with Gasteiger partial charge in [0, 0.05) is 32.2 Å². The largest absolute Gasteiger partial charge is 0.338 e. The third kappa shape index (κ3) is 2.53. The van der Waals surface area contributed by atoms with Gasteiger partial charge in [0.15, 0.2) is 0 Å². The van der Waals surface area contributed by atoms with Gasteiger partial charge in [-0.2, -0.15) is 0 Å². The van der Waals surface area contributed by atoms with Crippen molar-refractivity contribution in [2.75, 3.05) is 11.9 Å². The Hall–Kier alpha value is -2.10. The van der Waals surface area contributed by atoms with Crippen molar-refractivity contribution >= 4 is 11.6 Å². The van der Waals surface area contributed by atoms with Crippen LogP contribution in [-0.2, 0) is 18.3 Å². The maximum Gasteiger partial charge on any atom is 0.234 e. The van der Waals surface area contributed by atoms with Gasteiger partial charge in [0.2, 0.25) is 5.91 Å². The van der Waals surface area contributed by atoms with E-state index in [0.717, 1.165) is 11.5 Å². The van der Waals surface area contributed by atoms with Crippen molar-refractivity contribution in [2.24, 2.45) is 7.05 Å². The molecule has 0 aliphatic heterocycles. The fourth-order valence-electron chi connectivity index (χ4n) is 1.62. The van der Waals surface area contributed by atoms with Crippen molar-refractivity contribution in [1.29, 1.82) is 0 Å². The number of likely N-dealkylation sites (N-methyl/N-ethyl adjacent to an activating group) is 1. The second kappa shape index (κ2) is 4.82. The van der Waals surface area contributed by atoms with E-state index in [2.05, 4.69) is 4.98 Å². The normalized spacial score (nSPS) is 10.2. The number of hydrogen-bond acceptors (Lipinski definition) is 2. The van der Waals surface area contributed by atoms with Gasteiger partial charge >= 0.3 is 0 Å². The van der Waals surface area contributed by atoms with Crippen LogP contribution in [0, 0.1) is 0 Å². The molecule has 0 bridgehead atoms. The summed E-state index contributed by atoms with van der Waals surface area (Å²) in [6, 6.07) is 9.59. The summed E-state index contributed by atoms with van der Waals surface area (Å²) in [6.45, 7) is 0. The molecule has 0 aliphatic rings. The van der Waals surface area contributed by atoms with Gasteiger partial charge in [-0.05, 0) is 12.1 Å². The van der Waals surface area contributed by atoms with Gasteiger partial charge in [-0.1, -0.05) is 18.2 Å². The second-order valence-electron chi connectivity index (χ2n) is 3.92. The molecule has 1 aromatic carbocycles. The summed E-state index contributed by atoms with van der Waals surface area (Å²) >= 11 is 0. The molecular weight excluding hydrogens is 214 g/mol. The van der Waals surface area contributed by atoms with Gasteiger partial charge in [0.25, 0.3) is 0 Å². The Morgan fingerprint density at radius 1 is 1.35 bits per heavy atom. The van der Waals surface area contributed by atoms with E-state index in [-0.39, 0.29) is 5.91 Å². The van der Waals surface area contributed by atoms with Gasteiger partial charge in [-0.15, -0.1) is 0 Å². The average molecular weight is 229 g/mol. The molecule has 0 atom stereocenters. The second-order valence-corrected chi connectivity index (χ2v) is 3.92. The van der Waals surface area contributed by atoms with E-state index in [0.29, 0.717) is 6.42 Å². The lowest BCUT2D eigenvalue weighted by atomic mass is 10.2. The molecule has 1 aromatic heterocycles. The number of para-hydroxylation sites is 1. The summed E-state index contributed by atoms with van der Waals surface area (Å²) in [7, 11) is 3.67. The summed E-state index contributed by atoms with van der Waals surface area (Å²) in [5.41, 5.74) is 0.895. The van der Waals surface area contributed by atoms with E-state index in [9.17, 15) is 4.79 Å². The van der Waals surface area contributed by atoms with E-state index in [4.69, 9.17) is 0 Å². The van der Waals surface area contributed by atoms with Crippen LogP contribution < -0.4 is 4.90 Å². The number of aromatic nitrogens is 2. The van der Waals surface area contributed by atoms with Gasteiger partial charge in [-0.25, -0.2) is 4.98 Å². The van der Waals surface area contributed by atoms with E-state index < -0.39 is 0 Å². The molecule has 2 rings (SSSR count). The first-order valence-electron chi connectivity index (χ1n) is 5.46.